The van der Waals surface area contributed by atoms with Gasteiger partial charge in [-0.1, -0.05) is 30.0 Å². The fourth-order valence-electron chi connectivity index (χ4n) is 3.02. The molecule has 0 aliphatic heterocycles. The van der Waals surface area contributed by atoms with Gasteiger partial charge in [0.15, 0.2) is 10.9 Å². The van der Waals surface area contributed by atoms with Gasteiger partial charge in [-0.25, -0.2) is 0 Å². The number of Topliss-reactive ketones (excluding diaryl/α,β-unsaturated/α-hetero) is 1. The summed E-state index contributed by atoms with van der Waals surface area (Å²) in [6, 6.07) is 9.57. The summed E-state index contributed by atoms with van der Waals surface area (Å²) in [5.74, 6) is 1.07. The third-order valence-corrected chi connectivity index (χ3v) is 5.32. The van der Waals surface area contributed by atoms with Gasteiger partial charge in [0.2, 0.25) is 0 Å². The third kappa shape index (κ3) is 3.83. The van der Waals surface area contributed by atoms with Crippen LogP contribution in [0.2, 0.25) is 0 Å². The highest BCUT2D eigenvalue weighted by Crippen LogP contribution is 2.27. The van der Waals surface area contributed by atoms with E-state index in [1.807, 2.05) is 54.8 Å². The topological polar surface area (TPSA) is 61.9 Å². The van der Waals surface area contributed by atoms with Crippen LogP contribution in [0.1, 0.15) is 21.7 Å². The number of aryl methyl sites for hydroxylation is 1. The lowest BCUT2D eigenvalue weighted by molar-refractivity contribution is 0.102. The first-order valence-electron chi connectivity index (χ1n) is 8.53. The molecule has 0 saturated heterocycles. The number of ketones is 1. The number of ether oxygens (including phenoxy) is 1. The number of carbonyl (C=O) groups excluding carboxylic acids is 1. The molecule has 0 saturated carbocycles. The van der Waals surface area contributed by atoms with Gasteiger partial charge in [0.05, 0.1) is 18.6 Å². The van der Waals surface area contributed by atoms with Crippen LogP contribution in [-0.2, 0) is 6.54 Å². The average molecular weight is 382 g/mol. The number of rotatable bonds is 8. The molecule has 3 rings (SSSR count). The molecule has 1 aromatic carbocycles. The fraction of sp³-hybridized carbons (Fsp3) is 0.250. The molecule has 0 unspecified atom stereocenters. The SMILES string of the molecule is C=CCn1c(C)cc(C(=O)CSc2nncn2-c2ccccc2OC)c1C. The molecule has 0 N–H and O–H groups in total. The number of carbonyl (C=O) groups is 1. The Hall–Kier alpha value is -2.80. The molecular formula is C20H22N4O2S. The lowest BCUT2D eigenvalue weighted by Gasteiger charge is -2.10. The first-order chi connectivity index (χ1) is 13.1. The summed E-state index contributed by atoms with van der Waals surface area (Å²) in [6.45, 7) is 8.43. The molecule has 0 spiro atoms. The average Bonchev–Trinajstić information content (AvgIpc) is 3.26. The first-order valence-corrected chi connectivity index (χ1v) is 9.52. The van der Waals surface area contributed by atoms with Crippen molar-refractivity contribution in [1.82, 2.24) is 19.3 Å². The van der Waals surface area contributed by atoms with E-state index < -0.39 is 0 Å². The summed E-state index contributed by atoms with van der Waals surface area (Å²) in [7, 11) is 1.62. The Morgan fingerprint density at radius 3 is 2.85 bits per heavy atom. The number of aromatic nitrogens is 4. The summed E-state index contributed by atoms with van der Waals surface area (Å²) < 4.78 is 9.33. The van der Waals surface area contributed by atoms with Gasteiger partial charge in [0, 0.05) is 23.5 Å². The minimum atomic E-state index is 0.0676. The van der Waals surface area contributed by atoms with Crippen LogP contribution in [0.25, 0.3) is 5.69 Å². The molecule has 0 amide bonds. The van der Waals surface area contributed by atoms with Crippen LogP contribution in [0, 0.1) is 13.8 Å². The number of hydrogen-bond donors (Lipinski definition) is 0. The summed E-state index contributed by atoms with van der Waals surface area (Å²) in [4.78, 5) is 12.8. The highest BCUT2D eigenvalue weighted by molar-refractivity contribution is 7.99. The highest BCUT2D eigenvalue weighted by Gasteiger charge is 2.18. The zero-order valence-corrected chi connectivity index (χ0v) is 16.5. The number of benzene rings is 1. The van der Waals surface area contributed by atoms with Crippen molar-refractivity contribution in [3.63, 3.8) is 0 Å². The van der Waals surface area contributed by atoms with Crippen molar-refractivity contribution in [3.05, 3.63) is 66.3 Å². The second-order valence-corrected chi connectivity index (χ2v) is 6.99. The van der Waals surface area contributed by atoms with Crippen LogP contribution < -0.4 is 4.74 Å². The quantitative estimate of drug-likeness (QED) is 0.336. The second kappa shape index (κ2) is 8.26. The smallest absolute Gasteiger partial charge is 0.196 e. The molecule has 0 fully saturated rings. The molecule has 0 radical (unpaired) electrons. The predicted molar refractivity (Wildman–Crippen MR) is 107 cm³/mol. The molecule has 27 heavy (non-hydrogen) atoms. The van der Waals surface area contributed by atoms with E-state index in [1.54, 1.807) is 13.4 Å². The predicted octanol–water partition coefficient (Wildman–Crippen LogP) is 3.86. The standard InChI is InChI=1S/C20H22N4O2S/c1-5-10-23-14(2)11-16(15(23)3)18(25)12-27-20-22-21-13-24(20)17-8-6-7-9-19(17)26-4/h5-9,11,13H,1,10,12H2,2-4H3. The van der Waals surface area contributed by atoms with Crippen molar-refractivity contribution < 1.29 is 9.53 Å². The van der Waals surface area contributed by atoms with Crippen molar-refractivity contribution in [2.45, 2.75) is 25.5 Å². The Kier molecular flexibility index (Phi) is 5.81. The molecule has 140 valence electrons. The summed E-state index contributed by atoms with van der Waals surface area (Å²) in [6.07, 6.45) is 3.46. The Bertz CT molecular complexity index is 974. The van der Waals surface area contributed by atoms with Gasteiger partial charge >= 0.3 is 0 Å². The van der Waals surface area contributed by atoms with E-state index in [2.05, 4.69) is 21.3 Å². The molecule has 2 heterocycles. The summed E-state index contributed by atoms with van der Waals surface area (Å²) in [5, 5.41) is 8.80. The van der Waals surface area contributed by atoms with Crippen LogP contribution >= 0.6 is 11.8 Å². The number of allylic oxidation sites excluding steroid dienone is 1. The third-order valence-electron chi connectivity index (χ3n) is 4.38. The van der Waals surface area contributed by atoms with E-state index in [-0.39, 0.29) is 11.5 Å². The molecule has 3 aromatic rings. The van der Waals surface area contributed by atoms with Gasteiger partial charge in [-0.05, 0) is 32.0 Å². The maximum Gasteiger partial charge on any atom is 0.196 e. The van der Waals surface area contributed by atoms with Crippen LogP contribution in [0.5, 0.6) is 5.75 Å². The minimum absolute atomic E-state index is 0.0676. The molecule has 2 aromatic heterocycles. The lowest BCUT2D eigenvalue weighted by atomic mass is 10.2. The lowest BCUT2D eigenvalue weighted by Crippen LogP contribution is -2.07. The maximum atomic E-state index is 12.8. The number of para-hydroxylation sites is 2. The number of hydrogen-bond acceptors (Lipinski definition) is 5. The van der Waals surface area contributed by atoms with Gasteiger partial charge in [-0.3, -0.25) is 9.36 Å². The Morgan fingerprint density at radius 2 is 2.11 bits per heavy atom. The molecule has 0 aliphatic rings. The first kappa shape index (κ1) is 19.0. The Morgan fingerprint density at radius 1 is 1.33 bits per heavy atom. The maximum absolute atomic E-state index is 12.8. The van der Waals surface area contributed by atoms with Crippen molar-refractivity contribution >= 4 is 17.5 Å². The van der Waals surface area contributed by atoms with E-state index in [9.17, 15) is 4.79 Å². The number of nitrogens with zero attached hydrogens (tertiary/aromatic N) is 4. The largest absolute Gasteiger partial charge is 0.495 e. The van der Waals surface area contributed by atoms with Gasteiger partial charge < -0.3 is 9.30 Å². The Labute approximate surface area is 162 Å². The molecule has 0 atom stereocenters. The zero-order valence-electron chi connectivity index (χ0n) is 15.7. The van der Waals surface area contributed by atoms with E-state index in [0.717, 1.165) is 28.4 Å². The van der Waals surface area contributed by atoms with Crippen LogP contribution in [-0.4, -0.2) is 38.0 Å². The monoisotopic (exact) mass is 382 g/mol. The van der Waals surface area contributed by atoms with Gasteiger partial charge in [-0.15, -0.1) is 16.8 Å². The van der Waals surface area contributed by atoms with Crippen molar-refractivity contribution in [2.75, 3.05) is 12.9 Å². The van der Waals surface area contributed by atoms with Crippen LogP contribution in [0.4, 0.5) is 0 Å². The minimum Gasteiger partial charge on any atom is -0.495 e. The van der Waals surface area contributed by atoms with E-state index in [0.29, 0.717) is 11.7 Å². The van der Waals surface area contributed by atoms with Crippen molar-refractivity contribution in [2.24, 2.45) is 0 Å². The van der Waals surface area contributed by atoms with Crippen LogP contribution in [0.3, 0.4) is 0 Å². The van der Waals surface area contributed by atoms with Crippen LogP contribution in [0.15, 0.2) is 54.5 Å². The second-order valence-electron chi connectivity index (χ2n) is 6.05. The molecule has 6 nitrogen and oxygen atoms in total. The highest BCUT2D eigenvalue weighted by atomic mass is 32.2. The zero-order chi connectivity index (χ0) is 19.4. The van der Waals surface area contributed by atoms with Gasteiger partial charge in [0.25, 0.3) is 0 Å². The van der Waals surface area contributed by atoms with Gasteiger partial charge in [0.1, 0.15) is 12.1 Å². The molecule has 7 heteroatoms. The fourth-order valence-corrected chi connectivity index (χ4v) is 3.82. The summed E-state index contributed by atoms with van der Waals surface area (Å²) in [5.41, 5.74) is 3.59. The number of methoxy groups -OCH3 is 1. The summed E-state index contributed by atoms with van der Waals surface area (Å²) >= 11 is 1.36. The molecule has 0 bridgehead atoms. The van der Waals surface area contributed by atoms with E-state index in [1.165, 1.54) is 11.8 Å². The number of thioether (sulfide) groups is 1. The van der Waals surface area contributed by atoms with Crippen molar-refractivity contribution in [3.8, 4) is 11.4 Å². The molecule has 0 aliphatic carbocycles. The molecular weight excluding hydrogens is 360 g/mol. The van der Waals surface area contributed by atoms with Crippen molar-refractivity contribution in [1.29, 1.82) is 0 Å². The van der Waals surface area contributed by atoms with E-state index in [4.69, 9.17) is 4.74 Å². The van der Waals surface area contributed by atoms with E-state index >= 15 is 0 Å². The normalized spacial score (nSPS) is 10.8. The van der Waals surface area contributed by atoms with Gasteiger partial charge in [-0.2, -0.15) is 0 Å². The Balaban J connectivity index is 1.79.